The lowest BCUT2D eigenvalue weighted by molar-refractivity contribution is -0.385. The van der Waals surface area contributed by atoms with Crippen LogP contribution in [0.1, 0.15) is 23.6 Å². The lowest BCUT2D eigenvalue weighted by Gasteiger charge is -2.05. The van der Waals surface area contributed by atoms with E-state index in [0.29, 0.717) is 24.0 Å². The normalized spacial score (nSPS) is 19.4. The van der Waals surface area contributed by atoms with Crippen LogP contribution in [0.3, 0.4) is 0 Å². The molecule has 0 bridgehead atoms. The van der Waals surface area contributed by atoms with E-state index in [-0.39, 0.29) is 5.69 Å². The van der Waals surface area contributed by atoms with Gasteiger partial charge in [0, 0.05) is 23.2 Å². The summed E-state index contributed by atoms with van der Waals surface area (Å²) in [4.78, 5) is 10.1. The van der Waals surface area contributed by atoms with E-state index in [1.807, 2.05) is 0 Å². The number of nitrogens with zero attached hydrogens (tertiary/aromatic N) is 1. The van der Waals surface area contributed by atoms with Crippen molar-refractivity contribution in [3.63, 3.8) is 0 Å². The molecule has 74 valence electrons. The first-order chi connectivity index (χ1) is 6.61. The third-order valence-corrected chi connectivity index (χ3v) is 2.55. The minimum absolute atomic E-state index is 0.0191. The van der Waals surface area contributed by atoms with Gasteiger partial charge in [0.15, 0.2) is 0 Å². The second-order valence-corrected chi connectivity index (χ2v) is 3.36. The third kappa shape index (κ3) is 1.17. The third-order valence-electron chi connectivity index (χ3n) is 2.55. The summed E-state index contributed by atoms with van der Waals surface area (Å²) in [7, 11) is 0. The summed E-state index contributed by atoms with van der Waals surface area (Å²) >= 11 is 0. The fourth-order valence-corrected chi connectivity index (χ4v) is 1.90. The van der Waals surface area contributed by atoms with Crippen LogP contribution in [0.2, 0.25) is 0 Å². The summed E-state index contributed by atoms with van der Waals surface area (Å²) in [6.07, 6.45) is 1.07. The van der Waals surface area contributed by atoms with Crippen molar-refractivity contribution in [2.24, 2.45) is 5.73 Å². The topological polar surface area (TPSA) is 69.2 Å². The van der Waals surface area contributed by atoms with Crippen molar-refractivity contribution in [3.05, 3.63) is 39.2 Å². The fraction of sp³-hybridized carbons (Fsp3) is 0.333. The largest absolute Gasteiger partial charge is 0.324 e. The molecule has 1 atom stereocenters. The number of halogens is 1. The molecule has 2 rings (SSSR count). The van der Waals surface area contributed by atoms with Gasteiger partial charge in [0.05, 0.1) is 4.92 Å². The minimum atomic E-state index is -0.490. The molecule has 0 spiro atoms. The second-order valence-electron chi connectivity index (χ2n) is 3.36. The monoisotopic (exact) mass is 196 g/mol. The molecule has 0 aromatic heterocycles. The Balaban J connectivity index is 2.64. The molecule has 0 unspecified atom stereocenters. The van der Waals surface area contributed by atoms with E-state index in [9.17, 15) is 14.5 Å². The molecule has 0 saturated heterocycles. The van der Waals surface area contributed by atoms with Gasteiger partial charge in [-0.1, -0.05) is 0 Å². The molecule has 1 aliphatic rings. The van der Waals surface area contributed by atoms with Crippen molar-refractivity contribution in [3.8, 4) is 0 Å². The zero-order valence-corrected chi connectivity index (χ0v) is 7.37. The molecule has 0 fully saturated rings. The first-order valence-electron chi connectivity index (χ1n) is 4.32. The zero-order chi connectivity index (χ0) is 10.3. The zero-order valence-electron chi connectivity index (χ0n) is 7.37. The Kier molecular flexibility index (Phi) is 1.96. The molecule has 1 aromatic carbocycles. The van der Waals surface area contributed by atoms with Gasteiger partial charge in [0.1, 0.15) is 5.82 Å². The number of hydrogen-bond donors (Lipinski definition) is 1. The van der Waals surface area contributed by atoms with Crippen LogP contribution < -0.4 is 5.73 Å². The highest BCUT2D eigenvalue weighted by atomic mass is 19.1. The van der Waals surface area contributed by atoms with Crippen LogP contribution in [0.5, 0.6) is 0 Å². The number of benzene rings is 1. The Hall–Kier alpha value is -1.49. The lowest BCUT2D eigenvalue weighted by Crippen LogP contribution is -2.08. The summed E-state index contributed by atoms with van der Waals surface area (Å²) in [5.41, 5.74) is 6.41. The van der Waals surface area contributed by atoms with Gasteiger partial charge in [-0.2, -0.15) is 0 Å². The molecule has 2 N–H and O–H groups in total. The Bertz CT molecular complexity index is 406. The van der Waals surface area contributed by atoms with Crippen LogP contribution in [0.4, 0.5) is 10.1 Å². The molecule has 1 aromatic rings. The molecule has 0 saturated carbocycles. The standard InChI is InChI=1S/C9H9FN2O2/c10-6-2-4-8(12(13)14)5-1-3-7(11)9(5)6/h2,4,7H,1,3,11H2/t7-/m0/s1. The highest BCUT2D eigenvalue weighted by molar-refractivity contribution is 5.50. The molecule has 4 nitrogen and oxygen atoms in total. The average molecular weight is 196 g/mol. The van der Waals surface area contributed by atoms with Crippen LogP contribution in [0.25, 0.3) is 0 Å². The summed E-state index contributed by atoms with van der Waals surface area (Å²) in [6, 6.07) is 1.92. The lowest BCUT2D eigenvalue weighted by atomic mass is 10.1. The van der Waals surface area contributed by atoms with Crippen LogP contribution >= 0.6 is 0 Å². The first kappa shape index (κ1) is 9.08. The van der Waals surface area contributed by atoms with Crippen molar-refractivity contribution in [1.82, 2.24) is 0 Å². The van der Waals surface area contributed by atoms with Crippen molar-refractivity contribution >= 4 is 5.69 Å². The number of rotatable bonds is 1. The number of fused-ring (bicyclic) bond motifs is 1. The summed E-state index contributed by atoms with van der Waals surface area (Å²) in [5.74, 6) is -0.435. The molecular weight excluding hydrogens is 187 g/mol. The van der Waals surface area contributed by atoms with Crippen LogP contribution in [0, 0.1) is 15.9 Å². The van der Waals surface area contributed by atoms with E-state index in [2.05, 4.69) is 0 Å². The van der Waals surface area contributed by atoms with Crippen molar-refractivity contribution < 1.29 is 9.31 Å². The van der Waals surface area contributed by atoms with Crippen molar-refractivity contribution in [1.29, 1.82) is 0 Å². The maximum absolute atomic E-state index is 13.3. The molecule has 1 aliphatic carbocycles. The van der Waals surface area contributed by atoms with E-state index < -0.39 is 16.8 Å². The van der Waals surface area contributed by atoms with E-state index in [0.717, 1.165) is 6.07 Å². The maximum Gasteiger partial charge on any atom is 0.273 e. The minimum Gasteiger partial charge on any atom is -0.324 e. The van der Waals surface area contributed by atoms with Crippen LogP contribution in [-0.4, -0.2) is 4.92 Å². The number of nitrogens with two attached hydrogens (primary N) is 1. The molecule has 5 heteroatoms. The molecule has 0 radical (unpaired) electrons. The highest BCUT2D eigenvalue weighted by Gasteiger charge is 2.29. The molecule has 0 aliphatic heterocycles. The highest BCUT2D eigenvalue weighted by Crippen LogP contribution is 2.36. The van der Waals surface area contributed by atoms with Crippen LogP contribution in [0.15, 0.2) is 12.1 Å². The fourth-order valence-electron chi connectivity index (χ4n) is 1.90. The van der Waals surface area contributed by atoms with Gasteiger partial charge in [0.2, 0.25) is 0 Å². The maximum atomic E-state index is 13.3. The SMILES string of the molecule is N[C@H]1CCc2c([N+](=O)[O-])ccc(F)c21. The quantitative estimate of drug-likeness (QED) is 0.548. The number of hydrogen-bond acceptors (Lipinski definition) is 3. The average Bonchev–Trinajstić information content (AvgIpc) is 2.49. The summed E-state index contributed by atoms with van der Waals surface area (Å²) < 4.78 is 13.3. The van der Waals surface area contributed by atoms with Crippen molar-refractivity contribution in [2.45, 2.75) is 18.9 Å². The van der Waals surface area contributed by atoms with Crippen molar-refractivity contribution in [2.75, 3.05) is 0 Å². The Morgan fingerprint density at radius 1 is 1.57 bits per heavy atom. The molecule has 14 heavy (non-hydrogen) atoms. The van der Waals surface area contributed by atoms with Crippen LogP contribution in [-0.2, 0) is 6.42 Å². The van der Waals surface area contributed by atoms with Gasteiger partial charge in [0.25, 0.3) is 5.69 Å². The van der Waals surface area contributed by atoms with Gasteiger partial charge >= 0.3 is 0 Å². The first-order valence-corrected chi connectivity index (χ1v) is 4.32. The number of nitro groups is 1. The second kappa shape index (κ2) is 3.02. The van der Waals surface area contributed by atoms with E-state index in [1.54, 1.807) is 0 Å². The molecule has 0 heterocycles. The molecule has 0 amide bonds. The van der Waals surface area contributed by atoms with E-state index >= 15 is 0 Å². The van der Waals surface area contributed by atoms with Gasteiger partial charge in [-0.05, 0) is 18.9 Å². The van der Waals surface area contributed by atoms with Gasteiger partial charge in [-0.15, -0.1) is 0 Å². The van der Waals surface area contributed by atoms with Gasteiger partial charge in [-0.25, -0.2) is 4.39 Å². The van der Waals surface area contributed by atoms with Gasteiger partial charge in [-0.3, -0.25) is 10.1 Å². The Morgan fingerprint density at radius 3 is 2.93 bits per heavy atom. The smallest absolute Gasteiger partial charge is 0.273 e. The summed E-state index contributed by atoms with van der Waals surface area (Å²) in [5, 5.41) is 10.6. The molecular formula is C9H9FN2O2. The van der Waals surface area contributed by atoms with E-state index in [1.165, 1.54) is 6.07 Å². The van der Waals surface area contributed by atoms with Gasteiger partial charge < -0.3 is 5.73 Å². The predicted molar refractivity (Wildman–Crippen MR) is 48.3 cm³/mol. The van der Waals surface area contributed by atoms with E-state index in [4.69, 9.17) is 5.73 Å². The Labute approximate surface area is 79.7 Å². The Morgan fingerprint density at radius 2 is 2.29 bits per heavy atom. The summed E-state index contributed by atoms with van der Waals surface area (Å²) in [6.45, 7) is 0. The predicted octanol–water partition coefficient (Wildman–Crippen LogP) is 1.68. The number of nitro benzene ring substituents is 1.